The Hall–Kier alpha value is -0.380. The minimum absolute atomic E-state index is 0.0524. The zero-order valence-electron chi connectivity index (χ0n) is 26.7. The van der Waals surface area contributed by atoms with Crippen molar-refractivity contribution in [1.82, 2.24) is 4.90 Å². The van der Waals surface area contributed by atoms with Crippen LogP contribution in [0, 0.1) is 39.4 Å². The van der Waals surface area contributed by atoms with E-state index in [1.807, 2.05) is 25.4 Å². The number of methoxy groups -OCH3 is 2. The lowest BCUT2D eigenvalue weighted by Gasteiger charge is -2.62. The normalized spacial score (nSPS) is 41.3. The molecule has 0 aromatic rings. The van der Waals surface area contributed by atoms with Gasteiger partial charge in [-0.2, -0.15) is 0 Å². The molecule has 0 spiro atoms. The lowest BCUT2D eigenvalue weighted by atomic mass is 9.43. The Kier molecular flexibility index (Phi) is 7.93. The second-order valence-corrected chi connectivity index (χ2v) is 15.8. The van der Waals surface area contributed by atoms with Crippen LogP contribution in [0.4, 0.5) is 0 Å². The molecule has 0 bridgehead atoms. The molecule has 0 heterocycles. The number of ether oxygens (including phenoxy) is 2. The van der Waals surface area contributed by atoms with Crippen molar-refractivity contribution in [3.05, 3.63) is 11.1 Å². The second kappa shape index (κ2) is 9.91. The average molecular weight is 516 g/mol. The van der Waals surface area contributed by atoms with Crippen LogP contribution in [0.25, 0.3) is 0 Å². The van der Waals surface area contributed by atoms with Crippen molar-refractivity contribution in [2.75, 3.05) is 28.3 Å². The summed E-state index contributed by atoms with van der Waals surface area (Å²) in [6, 6.07) is 0. The topological polar surface area (TPSA) is 21.7 Å². The first-order valence-electron chi connectivity index (χ1n) is 15.6. The molecule has 2 unspecified atom stereocenters. The Morgan fingerprint density at radius 1 is 0.892 bits per heavy atom. The van der Waals surface area contributed by atoms with Crippen molar-refractivity contribution >= 4 is 0 Å². The van der Waals surface area contributed by atoms with Crippen LogP contribution in [-0.2, 0) is 9.47 Å². The third kappa shape index (κ3) is 4.31. The largest absolute Gasteiger partial charge is 0.381 e. The zero-order chi connectivity index (χ0) is 27.6. The van der Waals surface area contributed by atoms with E-state index in [9.17, 15) is 0 Å². The SMILES string of the molecule is COC1CC[C@]2(C)C3=C(CC[C@H]2C1(C)C)[C@]1(C)CC[C@H]([C@H](C)CCC(OC)C(C)(C)N(C)C)[C@@]1(C)CC3. The maximum atomic E-state index is 6.05. The fourth-order valence-electron chi connectivity index (χ4n) is 10.7. The summed E-state index contributed by atoms with van der Waals surface area (Å²) in [6.45, 7) is 20.3. The van der Waals surface area contributed by atoms with Gasteiger partial charge in [-0.3, -0.25) is 0 Å². The average Bonchev–Trinajstić information content (AvgIpc) is 3.10. The van der Waals surface area contributed by atoms with Gasteiger partial charge in [-0.05, 0) is 132 Å². The fraction of sp³-hybridized carbons (Fsp3) is 0.941. The highest BCUT2D eigenvalue weighted by Gasteiger charge is 2.63. The van der Waals surface area contributed by atoms with Crippen LogP contribution in [0.2, 0.25) is 0 Å². The number of hydrogen-bond donors (Lipinski definition) is 0. The van der Waals surface area contributed by atoms with Crippen molar-refractivity contribution in [1.29, 1.82) is 0 Å². The second-order valence-electron chi connectivity index (χ2n) is 15.8. The zero-order valence-corrected chi connectivity index (χ0v) is 26.7. The monoisotopic (exact) mass is 515 g/mol. The first-order chi connectivity index (χ1) is 17.1. The van der Waals surface area contributed by atoms with E-state index in [2.05, 4.69) is 74.4 Å². The first kappa shape index (κ1) is 29.6. The number of allylic oxidation sites excluding steroid dienone is 2. The van der Waals surface area contributed by atoms with E-state index >= 15 is 0 Å². The van der Waals surface area contributed by atoms with Crippen molar-refractivity contribution in [2.45, 2.75) is 137 Å². The Balaban J connectivity index is 1.57. The van der Waals surface area contributed by atoms with Gasteiger partial charge in [0.25, 0.3) is 0 Å². The molecule has 0 amide bonds. The highest BCUT2D eigenvalue weighted by atomic mass is 16.5. The standard InChI is InChI=1S/C34H61NO2/c1-23(13-16-29(37-12)31(4,5)35(9)10)24-17-21-34(8)26-14-15-27-30(2,3)28(36-11)19-20-32(27,6)25(26)18-22-33(24,34)7/h23-24,27-29H,13-22H2,1-12H3/t23-,24-,27+,28?,29?,32-,33-,34+/m1/s1. The molecule has 0 radical (unpaired) electrons. The predicted octanol–water partition coefficient (Wildman–Crippen LogP) is 8.52. The third-order valence-corrected chi connectivity index (χ3v) is 13.8. The Morgan fingerprint density at radius 2 is 1.57 bits per heavy atom. The number of nitrogens with zero attached hydrogens (tertiary/aromatic N) is 1. The minimum Gasteiger partial charge on any atom is -0.381 e. The van der Waals surface area contributed by atoms with E-state index in [0.717, 1.165) is 24.2 Å². The molecule has 37 heavy (non-hydrogen) atoms. The number of rotatable bonds is 8. The summed E-state index contributed by atoms with van der Waals surface area (Å²) in [6.07, 6.45) is 13.8. The lowest BCUT2D eigenvalue weighted by molar-refractivity contribution is -0.112. The van der Waals surface area contributed by atoms with Crippen molar-refractivity contribution in [3.8, 4) is 0 Å². The number of likely N-dealkylation sites (N-methyl/N-ethyl adjacent to an activating group) is 1. The molecule has 2 saturated carbocycles. The summed E-state index contributed by atoms with van der Waals surface area (Å²) < 4.78 is 12.1. The van der Waals surface area contributed by atoms with Gasteiger partial charge in [0.15, 0.2) is 0 Å². The highest BCUT2D eigenvalue weighted by molar-refractivity contribution is 5.38. The molecule has 0 aromatic heterocycles. The van der Waals surface area contributed by atoms with Crippen LogP contribution < -0.4 is 0 Å². The molecule has 0 saturated heterocycles. The van der Waals surface area contributed by atoms with Crippen LogP contribution in [0.15, 0.2) is 11.1 Å². The maximum Gasteiger partial charge on any atom is 0.0749 e. The molecule has 3 heteroatoms. The first-order valence-corrected chi connectivity index (χ1v) is 15.6. The van der Waals surface area contributed by atoms with Crippen LogP contribution >= 0.6 is 0 Å². The quantitative estimate of drug-likeness (QED) is 0.302. The lowest BCUT2D eigenvalue weighted by Crippen LogP contribution is -2.55. The molecule has 4 rings (SSSR count). The Morgan fingerprint density at radius 3 is 2.16 bits per heavy atom. The molecule has 4 aliphatic carbocycles. The highest BCUT2D eigenvalue weighted by Crippen LogP contribution is 2.72. The van der Waals surface area contributed by atoms with E-state index in [1.165, 1.54) is 57.8 Å². The smallest absolute Gasteiger partial charge is 0.0749 e. The summed E-state index contributed by atoms with van der Waals surface area (Å²) >= 11 is 0. The van der Waals surface area contributed by atoms with Crippen molar-refractivity contribution in [2.24, 2.45) is 39.4 Å². The summed E-state index contributed by atoms with van der Waals surface area (Å²) in [4.78, 5) is 2.33. The summed E-state index contributed by atoms with van der Waals surface area (Å²) in [7, 11) is 8.21. The molecule has 0 aromatic carbocycles. The Bertz CT molecular complexity index is 873. The van der Waals surface area contributed by atoms with E-state index in [0.29, 0.717) is 22.3 Å². The number of fused-ring (bicyclic) bond motifs is 4. The molecule has 8 atom stereocenters. The summed E-state index contributed by atoms with van der Waals surface area (Å²) in [5, 5.41) is 0. The van der Waals surface area contributed by atoms with Gasteiger partial charge >= 0.3 is 0 Å². The third-order valence-electron chi connectivity index (χ3n) is 13.8. The van der Waals surface area contributed by atoms with Crippen LogP contribution in [0.3, 0.4) is 0 Å². The molecular weight excluding hydrogens is 454 g/mol. The van der Waals surface area contributed by atoms with Crippen LogP contribution in [0.5, 0.6) is 0 Å². The van der Waals surface area contributed by atoms with Gasteiger partial charge < -0.3 is 14.4 Å². The van der Waals surface area contributed by atoms with Gasteiger partial charge in [0.1, 0.15) is 0 Å². The molecule has 2 fully saturated rings. The van der Waals surface area contributed by atoms with Crippen molar-refractivity contribution in [3.63, 3.8) is 0 Å². The summed E-state index contributed by atoms with van der Waals surface area (Å²) in [5.41, 5.74) is 5.27. The van der Waals surface area contributed by atoms with Gasteiger partial charge in [-0.1, -0.05) is 52.7 Å². The number of hydrogen-bond acceptors (Lipinski definition) is 3. The fourth-order valence-corrected chi connectivity index (χ4v) is 10.7. The van der Waals surface area contributed by atoms with E-state index in [4.69, 9.17) is 9.47 Å². The van der Waals surface area contributed by atoms with Gasteiger partial charge in [-0.25, -0.2) is 0 Å². The molecule has 0 aliphatic heterocycles. The minimum atomic E-state index is 0.0524. The molecule has 214 valence electrons. The van der Waals surface area contributed by atoms with Gasteiger partial charge in [-0.15, -0.1) is 0 Å². The van der Waals surface area contributed by atoms with Gasteiger partial charge in [0.2, 0.25) is 0 Å². The molecule has 3 nitrogen and oxygen atoms in total. The van der Waals surface area contributed by atoms with E-state index < -0.39 is 0 Å². The van der Waals surface area contributed by atoms with Crippen LogP contribution in [-0.4, -0.2) is 51.0 Å². The predicted molar refractivity (Wildman–Crippen MR) is 157 cm³/mol. The van der Waals surface area contributed by atoms with Gasteiger partial charge in [0, 0.05) is 19.8 Å². The van der Waals surface area contributed by atoms with Crippen LogP contribution in [0.1, 0.15) is 120 Å². The maximum absolute atomic E-state index is 6.05. The molecule has 0 N–H and O–H groups in total. The summed E-state index contributed by atoms with van der Waals surface area (Å²) in [5.74, 6) is 2.30. The Labute approximate surface area is 230 Å². The van der Waals surface area contributed by atoms with E-state index in [-0.39, 0.29) is 17.1 Å². The molecular formula is C34H61NO2. The van der Waals surface area contributed by atoms with Gasteiger partial charge in [0.05, 0.1) is 12.2 Å². The molecule has 4 aliphatic rings. The van der Waals surface area contributed by atoms with Crippen molar-refractivity contribution < 1.29 is 9.47 Å². The van der Waals surface area contributed by atoms with E-state index in [1.54, 1.807) is 0 Å².